The van der Waals surface area contributed by atoms with E-state index >= 15 is 0 Å². The number of ether oxygens (including phenoxy) is 4. The SMILES string of the molecule is CCOc1cc2c(cc1OCC)[C@H](c1ccc3c(c1)OCO3)[NH2+]CC2. The fourth-order valence-electron chi connectivity index (χ4n) is 3.62. The topological polar surface area (TPSA) is 53.5 Å². The number of hydrogen-bond donors (Lipinski definition) is 1. The smallest absolute Gasteiger partial charge is 0.231 e. The van der Waals surface area contributed by atoms with Crippen molar-refractivity contribution in [3.63, 3.8) is 0 Å². The van der Waals surface area contributed by atoms with Crippen LogP contribution in [-0.2, 0) is 6.42 Å². The monoisotopic (exact) mass is 342 g/mol. The Labute approximate surface area is 147 Å². The minimum Gasteiger partial charge on any atom is -0.490 e. The molecule has 132 valence electrons. The maximum Gasteiger partial charge on any atom is 0.231 e. The first-order valence-electron chi connectivity index (χ1n) is 8.95. The highest BCUT2D eigenvalue weighted by atomic mass is 16.7. The quantitative estimate of drug-likeness (QED) is 0.907. The van der Waals surface area contributed by atoms with Gasteiger partial charge in [-0.1, -0.05) is 0 Å². The Morgan fingerprint density at radius 3 is 2.56 bits per heavy atom. The van der Waals surface area contributed by atoms with Gasteiger partial charge >= 0.3 is 0 Å². The highest BCUT2D eigenvalue weighted by Crippen LogP contribution is 2.39. The molecule has 0 saturated carbocycles. The number of nitrogens with two attached hydrogens (primary N) is 1. The van der Waals surface area contributed by atoms with E-state index in [-0.39, 0.29) is 6.04 Å². The lowest BCUT2D eigenvalue weighted by atomic mass is 9.89. The zero-order valence-corrected chi connectivity index (χ0v) is 14.7. The molecule has 25 heavy (non-hydrogen) atoms. The highest BCUT2D eigenvalue weighted by molar-refractivity contribution is 5.52. The van der Waals surface area contributed by atoms with Crippen molar-refractivity contribution in [1.29, 1.82) is 0 Å². The summed E-state index contributed by atoms with van der Waals surface area (Å²) in [6, 6.07) is 10.7. The molecule has 0 aromatic heterocycles. The zero-order chi connectivity index (χ0) is 17.2. The normalized spacial score (nSPS) is 17.9. The molecular formula is C20H24NO4+. The van der Waals surface area contributed by atoms with Gasteiger partial charge in [-0.15, -0.1) is 0 Å². The van der Waals surface area contributed by atoms with Crippen molar-refractivity contribution in [3.8, 4) is 23.0 Å². The Bertz CT molecular complexity index is 775. The molecule has 2 N–H and O–H groups in total. The van der Waals surface area contributed by atoms with Gasteiger partial charge in [0.2, 0.25) is 6.79 Å². The maximum absolute atomic E-state index is 5.83. The van der Waals surface area contributed by atoms with Crippen LogP contribution in [0.4, 0.5) is 0 Å². The standard InChI is InChI=1S/C20H23NO4/c1-3-22-18-9-13-7-8-21-20(15(13)11-19(18)23-4-2)14-5-6-16-17(10-14)25-12-24-16/h5-6,9-11,20-21H,3-4,7-8,12H2,1-2H3/p+1/t20-/m0/s1. The van der Waals surface area contributed by atoms with E-state index in [9.17, 15) is 0 Å². The average molecular weight is 342 g/mol. The van der Waals surface area contributed by atoms with Crippen molar-refractivity contribution >= 4 is 0 Å². The third-order valence-corrected chi connectivity index (χ3v) is 4.71. The first kappa shape index (κ1) is 16.1. The first-order chi connectivity index (χ1) is 12.3. The maximum atomic E-state index is 5.83. The molecule has 2 heterocycles. The van der Waals surface area contributed by atoms with Crippen LogP contribution in [0.3, 0.4) is 0 Å². The summed E-state index contributed by atoms with van der Waals surface area (Å²) >= 11 is 0. The first-order valence-corrected chi connectivity index (χ1v) is 8.95. The van der Waals surface area contributed by atoms with Gasteiger partial charge < -0.3 is 24.3 Å². The van der Waals surface area contributed by atoms with Crippen LogP contribution in [0.25, 0.3) is 0 Å². The molecule has 2 aliphatic rings. The van der Waals surface area contributed by atoms with Crippen LogP contribution in [0.2, 0.25) is 0 Å². The predicted octanol–water partition coefficient (Wildman–Crippen LogP) is 2.42. The molecule has 0 unspecified atom stereocenters. The Hall–Kier alpha value is -2.40. The lowest BCUT2D eigenvalue weighted by Gasteiger charge is -2.26. The molecule has 4 rings (SSSR count). The van der Waals surface area contributed by atoms with Gasteiger partial charge in [-0.05, 0) is 49.7 Å². The molecule has 0 aliphatic carbocycles. The predicted molar refractivity (Wildman–Crippen MR) is 93.7 cm³/mol. The summed E-state index contributed by atoms with van der Waals surface area (Å²) in [4.78, 5) is 0. The summed E-state index contributed by atoms with van der Waals surface area (Å²) in [7, 11) is 0. The van der Waals surface area contributed by atoms with Crippen molar-refractivity contribution in [2.24, 2.45) is 0 Å². The van der Waals surface area contributed by atoms with Crippen LogP contribution in [0.15, 0.2) is 30.3 Å². The highest BCUT2D eigenvalue weighted by Gasteiger charge is 2.28. The Balaban J connectivity index is 1.74. The Morgan fingerprint density at radius 2 is 1.76 bits per heavy atom. The molecule has 0 amide bonds. The number of fused-ring (bicyclic) bond motifs is 2. The second kappa shape index (κ2) is 6.84. The molecule has 2 aromatic carbocycles. The second-order valence-electron chi connectivity index (χ2n) is 6.23. The molecule has 0 bridgehead atoms. The van der Waals surface area contributed by atoms with Crippen molar-refractivity contribution in [1.82, 2.24) is 0 Å². The van der Waals surface area contributed by atoms with E-state index in [0.29, 0.717) is 20.0 Å². The van der Waals surface area contributed by atoms with Gasteiger partial charge in [0.15, 0.2) is 23.0 Å². The Morgan fingerprint density at radius 1 is 1.00 bits per heavy atom. The van der Waals surface area contributed by atoms with E-state index in [1.165, 1.54) is 16.7 Å². The van der Waals surface area contributed by atoms with Crippen LogP contribution >= 0.6 is 0 Å². The fraction of sp³-hybridized carbons (Fsp3) is 0.400. The van der Waals surface area contributed by atoms with Crippen LogP contribution in [0, 0.1) is 0 Å². The van der Waals surface area contributed by atoms with Gasteiger partial charge in [-0.25, -0.2) is 0 Å². The van der Waals surface area contributed by atoms with Gasteiger partial charge in [0.1, 0.15) is 6.04 Å². The number of rotatable bonds is 5. The van der Waals surface area contributed by atoms with Gasteiger partial charge in [0, 0.05) is 17.5 Å². The van der Waals surface area contributed by atoms with E-state index in [4.69, 9.17) is 18.9 Å². The molecule has 0 radical (unpaired) electrons. The van der Waals surface area contributed by atoms with Gasteiger partial charge in [0.25, 0.3) is 0 Å². The summed E-state index contributed by atoms with van der Waals surface area (Å²) in [6.07, 6.45) is 1.03. The van der Waals surface area contributed by atoms with Crippen molar-refractivity contribution in [3.05, 3.63) is 47.0 Å². The third kappa shape index (κ3) is 3.00. The molecule has 2 aliphatic heterocycles. The van der Waals surface area contributed by atoms with Gasteiger partial charge in [-0.2, -0.15) is 0 Å². The van der Waals surface area contributed by atoms with Crippen LogP contribution in [0.1, 0.15) is 36.6 Å². The molecule has 5 heteroatoms. The second-order valence-corrected chi connectivity index (χ2v) is 6.23. The van der Waals surface area contributed by atoms with Crippen molar-refractivity contribution in [2.75, 3.05) is 26.6 Å². The molecule has 1 atom stereocenters. The largest absolute Gasteiger partial charge is 0.490 e. The Kier molecular flexibility index (Phi) is 4.40. The summed E-state index contributed by atoms with van der Waals surface area (Å²) in [5.74, 6) is 3.31. The number of benzene rings is 2. The molecule has 5 nitrogen and oxygen atoms in total. The fourth-order valence-corrected chi connectivity index (χ4v) is 3.62. The number of hydrogen-bond acceptors (Lipinski definition) is 4. The molecule has 0 saturated heterocycles. The van der Waals surface area contributed by atoms with E-state index in [1.54, 1.807) is 0 Å². The minimum atomic E-state index is 0.230. The molecule has 0 spiro atoms. The van der Waals surface area contributed by atoms with Gasteiger partial charge in [0.05, 0.1) is 19.8 Å². The number of quaternary nitrogens is 1. The van der Waals surface area contributed by atoms with Crippen molar-refractivity contribution < 1.29 is 24.3 Å². The lowest BCUT2D eigenvalue weighted by molar-refractivity contribution is -0.690. The minimum absolute atomic E-state index is 0.230. The molecule has 2 aromatic rings. The third-order valence-electron chi connectivity index (χ3n) is 4.71. The van der Waals surface area contributed by atoms with Crippen LogP contribution in [-0.4, -0.2) is 26.6 Å². The van der Waals surface area contributed by atoms with E-state index in [2.05, 4.69) is 29.6 Å². The van der Waals surface area contributed by atoms with E-state index in [1.807, 2.05) is 19.9 Å². The summed E-state index contributed by atoms with van der Waals surface area (Å²) in [6.45, 7) is 6.60. The van der Waals surface area contributed by atoms with Crippen molar-refractivity contribution in [2.45, 2.75) is 26.3 Å². The summed E-state index contributed by atoms with van der Waals surface area (Å²) in [5.41, 5.74) is 3.84. The van der Waals surface area contributed by atoms with Crippen LogP contribution in [0.5, 0.6) is 23.0 Å². The molecular weight excluding hydrogens is 318 g/mol. The average Bonchev–Trinajstić information content (AvgIpc) is 3.10. The lowest BCUT2D eigenvalue weighted by Crippen LogP contribution is -2.87. The summed E-state index contributed by atoms with van der Waals surface area (Å²) < 4.78 is 22.6. The van der Waals surface area contributed by atoms with Crippen LogP contribution < -0.4 is 24.3 Å². The summed E-state index contributed by atoms with van der Waals surface area (Å²) in [5, 5.41) is 2.37. The van der Waals surface area contributed by atoms with E-state index < -0.39 is 0 Å². The van der Waals surface area contributed by atoms with E-state index in [0.717, 1.165) is 36.0 Å². The zero-order valence-electron chi connectivity index (χ0n) is 14.7. The molecule has 0 fully saturated rings. The van der Waals surface area contributed by atoms with Gasteiger partial charge in [-0.3, -0.25) is 0 Å².